The number of aryl methyl sites for hydroxylation is 2. The topological polar surface area (TPSA) is 190 Å². The zero-order chi connectivity index (χ0) is 29.3. The molecule has 0 aromatic carbocycles. The maximum atomic E-state index is 13.1. The van der Waals surface area contributed by atoms with Crippen molar-refractivity contribution in [1.29, 1.82) is 0 Å². The lowest BCUT2D eigenvalue weighted by Gasteiger charge is -2.31. The van der Waals surface area contributed by atoms with Gasteiger partial charge in [0.05, 0.1) is 24.6 Å². The van der Waals surface area contributed by atoms with E-state index in [0.717, 1.165) is 13.1 Å². The van der Waals surface area contributed by atoms with Gasteiger partial charge in [-0.05, 0) is 45.9 Å². The summed E-state index contributed by atoms with van der Waals surface area (Å²) in [7, 11) is 0. The molecule has 3 heterocycles. The van der Waals surface area contributed by atoms with E-state index >= 15 is 0 Å². The predicted octanol–water partition coefficient (Wildman–Crippen LogP) is 2.35. The monoisotopic (exact) mass is 590 g/mol. The summed E-state index contributed by atoms with van der Waals surface area (Å²) >= 11 is 0.615. The van der Waals surface area contributed by atoms with Crippen molar-refractivity contribution in [2.75, 3.05) is 39.5 Å². The van der Waals surface area contributed by atoms with E-state index in [9.17, 15) is 24.0 Å². The zero-order valence-corrected chi connectivity index (χ0v) is 23.4. The summed E-state index contributed by atoms with van der Waals surface area (Å²) in [5.41, 5.74) is 0. The van der Waals surface area contributed by atoms with Crippen LogP contribution in [0.2, 0.25) is 0 Å². The van der Waals surface area contributed by atoms with Gasteiger partial charge in [-0.1, -0.05) is 0 Å². The summed E-state index contributed by atoms with van der Waals surface area (Å²) in [5.74, 6) is -2.34. The standard InChI is InChI=1S/C24H32N2O13S.H2/c1-14-16(38-21(29)36-14)12-34-20(28)25-18(19(27)33-9-5-6-26-7-10-32-11-8-26)24(3,4)40-23(31)35-13-17-15(2)37-22(30)39-17;/h18H,5-13H2,1-4H3,(H,25,28);1H/t18-;/m0./s1. The van der Waals surface area contributed by atoms with Crippen LogP contribution in [0.15, 0.2) is 27.3 Å². The molecule has 0 radical (unpaired) electrons. The Balaban J connectivity index is 0.00000588. The molecule has 2 aromatic rings. The van der Waals surface area contributed by atoms with Crippen LogP contribution < -0.4 is 17.0 Å². The third kappa shape index (κ3) is 9.31. The van der Waals surface area contributed by atoms with E-state index in [4.69, 9.17) is 36.6 Å². The Hall–Kier alpha value is -3.50. The Bertz CT molecular complexity index is 1270. The lowest BCUT2D eigenvalue weighted by molar-refractivity contribution is -0.147. The Morgan fingerprint density at radius 2 is 1.52 bits per heavy atom. The number of hydrogen-bond acceptors (Lipinski definition) is 15. The van der Waals surface area contributed by atoms with Gasteiger partial charge >= 0.3 is 29.0 Å². The number of nitrogens with one attached hydrogen (secondary N) is 1. The minimum atomic E-state index is -1.35. The van der Waals surface area contributed by atoms with Crippen molar-refractivity contribution in [3.8, 4) is 0 Å². The molecule has 1 fully saturated rings. The quantitative estimate of drug-likeness (QED) is 0.215. The minimum absolute atomic E-state index is 0. The number of ether oxygens (including phenoxy) is 4. The molecule has 0 bridgehead atoms. The van der Waals surface area contributed by atoms with Crippen LogP contribution in [0.4, 0.5) is 9.59 Å². The first-order chi connectivity index (χ1) is 18.9. The zero-order valence-electron chi connectivity index (χ0n) is 22.6. The fourth-order valence-corrected chi connectivity index (χ4v) is 4.44. The molecule has 1 saturated heterocycles. The summed E-state index contributed by atoms with van der Waals surface area (Å²) in [6, 6.07) is -1.35. The highest BCUT2D eigenvalue weighted by atomic mass is 32.2. The van der Waals surface area contributed by atoms with Gasteiger partial charge in [0.1, 0.15) is 6.04 Å². The summed E-state index contributed by atoms with van der Waals surface area (Å²) in [6.45, 7) is 8.81. The smallest absolute Gasteiger partial charge is 0.464 e. The van der Waals surface area contributed by atoms with Crippen molar-refractivity contribution < 1.29 is 52.4 Å². The third-order valence-electron chi connectivity index (χ3n) is 5.83. The molecule has 0 unspecified atom stereocenters. The van der Waals surface area contributed by atoms with Crippen LogP contribution >= 0.6 is 11.8 Å². The fraction of sp³-hybridized carbons (Fsp3) is 0.625. The van der Waals surface area contributed by atoms with Gasteiger partial charge in [0, 0.05) is 21.1 Å². The first kappa shape index (κ1) is 31.0. The number of hydrogen-bond donors (Lipinski definition) is 1. The van der Waals surface area contributed by atoms with Crippen LogP contribution in [0.25, 0.3) is 0 Å². The highest BCUT2D eigenvalue weighted by Gasteiger charge is 2.41. The molecular formula is C24H34N2O13S. The summed E-state index contributed by atoms with van der Waals surface area (Å²) < 4.78 is 38.7. The molecule has 16 heteroatoms. The van der Waals surface area contributed by atoms with Crippen molar-refractivity contribution >= 4 is 29.1 Å². The van der Waals surface area contributed by atoms with Gasteiger partial charge in [-0.3, -0.25) is 4.90 Å². The lowest BCUT2D eigenvalue weighted by atomic mass is 10.0. The van der Waals surface area contributed by atoms with Crippen molar-refractivity contribution in [3.63, 3.8) is 0 Å². The van der Waals surface area contributed by atoms with Gasteiger partial charge in [-0.2, -0.15) is 0 Å². The van der Waals surface area contributed by atoms with Gasteiger partial charge in [-0.25, -0.2) is 24.0 Å². The van der Waals surface area contributed by atoms with E-state index < -0.39 is 46.4 Å². The number of alkyl carbamates (subject to hydrolysis) is 1. The molecule has 0 spiro atoms. The second-order valence-electron chi connectivity index (χ2n) is 9.24. The van der Waals surface area contributed by atoms with E-state index in [1.54, 1.807) is 0 Å². The second kappa shape index (κ2) is 14.2. The highest BCUT2D eigenvalue weighted by Crippen LogP contribution is 2.31. The van der Waals surface area contributed by atoms with E-state index in [0.29, 0.717) is 37.9 Å². The van der Waals surface area contributed by atoms with Crippen molar-refractivity contribution in [2.45, 2.75) is 58.1 Å². The van der Waals surface area contributed by atoms with Gasteiger partial charge in [0.2, 0.25) is 0 Å². The number of thioether (sulfide) groups is 1. The van der Waals surface area contributed by atoms with Crippen molar-refractivity contribution in [2.24, 2.45) is 0 Å². The van der Waals surface area contributed by atoms with Gasteiger partial charge in [-0.15, -0.1) is 0 Å². The molecule has 1 amide bonds. The Morgan fingerprint density at radius 3 is 2.08 bits per heavy atom. The van der Waals surface area contributed by atoms with Crippen LogP contribution in [0.3, 0.4) is 0 Å². The average Bonchev–Trinajstić information content (AvgIpc) is 3.40. The summed E-state index contributed by atoms with van der Waals surface area (Å²) in [5, 5.41) is 1.60. The highest BCUT2D eigenvalue weighted by molar-refractivity contribution is 8.14. The van der Waals surface area contributed by atoms with Crippen LogP contribution in [0.5, 0.6) is 0 Å². The number of amides is 1. The molecule has 15 nitrogen and oxygen atoms in total. The number of morpholine rings is 1. The number of carbonyl (C=O) groups excluding carboxylic acids is 3. The SMILES string of the molecule is Cc1oc(=O)oc1COC(=O)N[C@@H](C(=O)OCCCN1CCOCC1)C(C)(C)SC(=O)OCc1oc(=O)oc1C.[HH]. The maximum Gasteiger partial charge on any atom is 0.519 e. The first-order valence-electron chi connectivity index (χ1n) is 12.4. The Labute approximate surface area is 233 Å². The molecule has 0 saturated carbocycles. The normalized spacial score (nSPS) is 14.9. The van der Waals surface area contributed by atoms with Crippen molar-refractivity contribution in [1.82, 2.24) is 10.2 Å². The fourth-order valence-electron chi connectivity index (χ4n) is 3.62. The van der Waals surface area contributed by atoms with Crippen LogP contribution in [-0.2, 0) is 37.0 Å². The van der Waals surface area contributed by atoms with E-state index in [1.165, 1.54) is 27.7 Å². The molecule has 40 heavy (non-hydrogen) atoms. The molecule has 3 rings (SSSR count). The molecule has 0 aliphatic carbocycles. The van der Waals surface area contributed by atoms with E-state index in [-0.39, 0.29) is 37.7 Å². The van der Waals surface area contributed by atoms with Gasteiger partial charge in [0.15, 0.2) is 36.3 Å². The first-order valence-corrected chi connectivity index (χ1v) is 13.2. The average molecular weight is 591 g/mol. The summed E-state index contributed by atoms with van der Waals surface area (Å²) in [4.78, 5) is 62.8. The summed E-state index contributed by atoms with van der Waals surface area (Å²) in [6.07, 6.45) is -0.483. The molecule has 2 aromatic heterocycles. The lowest BCUT2D eigenvalue weighted by Crippen LogP contribution is -2.53. The van der Waals surface area contributed by atoms with Crippen LogP contribution in [-0.4, -0.2) is 72.5 Å². The molecule has 1 N–H and O–H groups in total. The van der Waals surface area contributed by atoms with Crippen LogP contribution in [0, 0.1) is 13.8 Å². The minimum Gasteiger partial charge on any atom is -0.464 e. The Morgan fingerprint density at radius 1 is 0.950 bits per heavy atom. The Kier molecular flexibility index (Phi) is 11.0. The van der Waals surface area contributed by atoms with Crippen LogP contribution in [0.1, 0.15) is 44.7 Å². The third-order valence-corrected chi connectivity index (χ3v) is 6.88. The molecule has 1 atom stereocenters. The largest absolute Gasteiger partial charge is 0.519 e. The maximum absolute atomic E-state index is 13.1. The predicted molar refractivity (Wildman–Crippen MR) is 138 cm³/mol. The number of carbonyl (C=O) groups is 3. The van der Waals surface area contributed by atoms with E-state index in [2.05, 4.69) is 10.2 Å². The second-order valence-corrected chi connectivity index (χ2v) is 10.8. The molecule has 1 aliphatic rings. The van der Waals surface area contributed by atoms with Crippen molar-refractivity contribution in [3.05, 3.63) is 44.3 Å². The number of rotatable bonds is 12. The number of esters is 1. The van der Waals surface area contributed by atoms with Gasteiger partial charge in [0.25, 0.3) is 0 Å². The molecule has 224 valence electrons. The number of nitrogens with zero attached hydrogens (tertiary/aromatic N) is 1. The molecule has 1 aliphatic heterocycles. The molecular weight excluding hydrogens is 556 g/mol. The van der Waals surface area contributed by atoms with Gasteiger partial charge < -0.3 is 41.9 Å². The van der Waals surface area contributed by atoms with E-state index in [1.807, 2.05) is 0 Å².